The first-order valence-corrected chi connectivity index (χ1v) is 5.14. The van der Waals surface area contributed by atoms with E-state index >= 15 is 0 Å². The second kappa shape index (κ2) is 4.67. The van der Waals surface area contributed by atoms with Gasteiger partial charge in [0.2, 0.25) is 0 Å². The summed E-state index contributed by atoms with van der Waals surface area (Å²) in [6.07, 6.45) is 0. The first kappa shape index (κ1) is 11.2. The Hall–Kier alpha value is -2.34. The number of nitrogens with zero attached hydrogens (tertiary/aromatic N) is 1. The monoisotopic (exact) mass is 227 g/mol. The maximum absolute atomic E-state index is 13.4. The van der Waals surface area contributed by atoms with Crippen molar-refractivity contribution in [3.05, 3.63) is 59.4 Å². The lowest BCUT2D eigenvalue weighted by atomic mass is 10.1. The van der Waals surface area contributed by atoms with Crippen LogP contribution >= 0.6 is 0 Å². The molecule has 0 heterocycles. The van der Waals surface area contributed by atoms with Crippen molar-refractivity contribution in [3.8, 4) is 17.6 Å². The van der Waals surface area contributed by atoms with Crippen molar-refractivity contribution >= 4 is 0 Å². The number of nitriles is 1. The van der Waals surface area contributed by atoms with Crippen molar-refractivity contribution in [1.82, 2.24) is 0 Å². The lowest BCUT2D eigenvalue weighted by Crippen LogP contribution is -1.91. The van der Waals surface area contributed by atoms with Crippen LogP contribution in [0.15, 0.2) is 42.5 Å². The third-order valence-corrected chi connectivity index (χ3v) is 2.31. The minimum atomic E-state index is -0.447. The molecule has 0 saturated heterocycles. The minimum Gasteiger partial charge on any atom is -0.453 e. The highest BCUT2D eigenvalue weighted by atomic mass is 19.1. The predicted molar refractivity (Wildman–Crippen MR) is 62.4 cm³/mol. The molecule has 2 aromatic carbocycles. The van der Waals surface area contributed by atoms with Crippen LogP contribution in [-0.2, 0) is 0 Å². The zero-order valence-corrected chi connectivity index (χ0v) is 9.27. The molecule has 0 fully saturated rings. The van der Waals surface area contributed by atoms with E-state index in [2.05, 4.69) is 0 Å². The van der Waals surface area contributed by atoms with Crippen molar-refractivity contribution in [2.24, 2.45) is 0 Å². The predicted octanol–water partition coefficient (Wildman–Crippen LogP) is 3.80. The van der Waals surface area contributed by atoms with Crippen LogP contribution in [0.3, 0.4) is 0 Å². The largest absolute Gasteiger partial charge is 0.453 e. The highest BCUT2D eigenvalue weighted by Gasteiger charge is 2.07. The van der Waals surface area contributed by atoms with Gasteiger partial charge in [0.15, 0.2) is 11.6 Å². The fourth-order valence-electron chi connectivity index (χ4n) is 1.47. The Bertz CT molecular complexity index is 587. The molecule has 0 aliphatic carbocycles. The van der Waals surface area contributed by atoms with Crippen molar-refractivity contribution in [2.45, 2.75) is 6.92 Å². The summed E-state index contributed by atoms with van der Waals surface area (Å²) < 4.78 is 18.8. The van der Waals surface area contributed by atoms with E-state index in [0.29, 0.717) is 11.3 Å². The van der Waals surface area contributed by atoms with Gasteiger partial charge in [-0.05, 0) is 36.8 Å². The fraction of sp³-hybridized carbons (Fsp3) is 0.0714. The molecule has 0 N–H and O–H groups in total. The molecular weight excluding hydrogens is 217 g/mol. The summed E-state index contributed by atoms with van der Waals surface area (Å²) in [5.74, 6) is 0.0352. The average Bonchev–Trinajstić information content (AvgIpc) is 2.34. The van der Waals surface area contributed by atoms with Crippen LogP contribution in [0.25, 0.3) is 0 Å². The lowest BCUT2D eigenvalue weighted by Gasteiger charge is -2.08. The van der Waals surface area contributed by atoms with Gasteiger partial charge in [-0.1, -0.05) is 18.2 Å². The van der Waals surface area contributed by atoms with Crippen LogP contribution in [0.1, 0.15) is 11.1 Å². The Morgan fingerprint density at radius 1 is 1.12 bits per heavy atom. The molecule has 2 nitrogen and oxygen atoms in total. The molecular formula is C14H10FNO. The van der Waals surface area contributed by atoms with Gasteiger partial charge in [-0.25, -0.2) is 4.39 Å². The molecule has 2 rings (SSSR count). The average molecular weight is 227 g/mol. The second-order valence-electron chi connectivity index (χ2n) is 3.64. The Morgan fingerprint density at radius 3 is 2.59 bits per heavy atom. The van der Waals surface area contributed by atoms with Crippen molar-refractivity contribution in [2.75, 3.05) is 0 Å². The molecule has 0 aliphatic rings. The summed E-state index contributed by atoms with van der Waals surface area (Å²) in [5, 5.41) is 8.97. The number of benzene rings is 2. The van der Waals surface area contributed by atoms with E-state index < -0.39 is 5.82 Å². The van der Waals surface area contributed by atoms with Gasteiger partial charge < -0.3 is 4.74 Å². The number of aryl methyl sites for hydroxylation is 1. The molecule has 2 aromatic rings. The number of halogens is 1. The number of ether oxygens (including phenoxy) is 1. The maximum atomic E-state index is 13.4. The van der Waals surface area contributed by atoms with Crippen LogP contribution < -0.4 is 4.74 Å². The molecule has 0 amide bonds. The van der Waals surface area contributed by atoms with Crippen molar-refractivity contribution < 1.29 is 9.13 Å². The molecule has 84 valence electrons. The number of rotatable bonds is 2. The smallest absolute Gasteiger partial charge is 0.165 e. The second-order valence-corrected chi connectivity index (χ2v) is 3.64. The standard InChI is InChI=1S/C14H10FNO/c1-10-6-7-13(11(8-10)9-16)17-14-5-3-2-4-12(14)15/h2-8H,1H3. The molecule has 17 heavy (non-hydrogen) atoms. The topological polar surface area (TPSA) is 33.0 Å². The summed E-state index contributed by atoms with van der Waals surface area (Å²) >= 11 is 0. The van der Waals surface area contributed by atoms with Gasteiger partial charge >= 0.3 is 0 Å². The van der Waals surface area contributed by atoms with Gasteiger partial charge in [0.1, 0.15) is 11.8 Å². The summed E-state index contributed by atoms with van der Waals surface area (Å²) in [4.78, 5) is 0. The molecule has 0 aromatic heterocycles. The van der Waals surface area contributed by atoms with Gasteiger partial charge in [0.25, 0.3) is 0 Å². The maximum Gasteiger partial charge on any atom is 0.165 e. The van der Waals surface area contributed by atoms with Crippen LogP contribution in [0.4, 0.5) is 4.39 Å². The normalized spacial score (nSPS) is 9.71. The van der Waals surface area contributed by atoms with E-state index in [1.165, 1.54) is 12.1 Å². The third kappa shape index (κ3) is 2.43. The molecule has 3 heteroatoms. The molecule has 0 saturated carbocycles. The van der Waals surface area contributed by atoms with E-state index in [-0.39, 0.29) is 5.75 Å². The first-order valence-electron chi connectivity index (χ1n) is 5.14. The summed E-state index contributed by atoms with van der Waals surface area (Å²) in [6.45, 7) is 1.88. The summed E-state index contributed by atoms with van der Waals surface area (Å²) in [7, 11) is 0. The van der Waals surface area contributed by atoms with Crippen LogP contribution in [0.5, 0.6) is 11.5 Å². The van der Waals surface area contributed by atoms with Crippen LogP contribution in [0.2, 0.25) is 0 Å². The molecule has 0 bridgehead atoms. The Morgan fingerprint density at radius 2 is 1.88 bits per heavy atom. The van der Waals surface area contributed by atoms with Gasteiger partial charge in [-0.15, -0.1) is 0 Å². The Kier molecular flexibility index (Phi) is 3.06. The summed E-state index contributed by atoms with van der Waals surface area (Å²) in [6, 6.07) is 13.3. The first-order chi connectivity index (χ1) is 8.20. The van der Waals surface area contributed by atoms with Crippen molar-refractivity contribution in [3.63, 3.8) is 0 Å². The fourth-order valence-corrected chi connectivity index (χ4v) is 1.47. The number of hydrogen-bond donors (Lipinski definition) is 0. The Labute approximate surface area is 98.9 Å². The third-order valence-electron chi connectivity index (χ3n) is 2.31. The highest BCUT2D eigenvalue weighted by molar-refractivity contribution is 5.47. The number of para-hydroxylation sites is 1. The molecule has 0 radical (unpaired) electrons. The van der Waals surface area contributed by atoms with Gasteiger partial charge in [0, 0.05) is 0 Å². The quantitative estimate of drug-likeness (QED) is 0.781. The van der Waals surface area contributed by atoms with Gasteiger partial charge in [-0.3, -0.25) is 0 Å². The SMILES string of the molecule is Cc1ccc(Oc2ccccc2F)c(C#N)c1. The van der Waals surface area contributed by atoms with E-state index in [0.717, 1.165) is 5.56 Å². The molecule has 0 atom stereocenters. The van der Waals surface area contributed by atoms with E-state index in [9.17, 15) is 4.39 Å². The molecule has 0 unspecified atom stereocenters. The molecule has 0 aliphatic heterocycles. The zero-order chi connectivity index (χ0) is 12.3. The lowest BCUT2D eigenvalue weighted by molar-refractivity contribution is 0.441. The Balaban J connectivity index is 2.37. The van der Waals surface area contributed by atoms with Gasteiger partial charge in [0.05, 0.1) is 5.56 Å². The summed E-state index contributed by atoms with van der Waals surface area (Å²) in [5.41, 5.74) is 1.36. The minimum absolute atomic E-state index is 0.118. The van der Waals surface area contributed by atoms with Crippen LogP contribution in [0, 0.1) is 24.1 Å². The van der Waals surface area contributed by atoms with Crippen LogP contribution in [-0.4, -0.2) is 0 Å². The zero-order valence-electron chi connectivity index (χ0n) is 9.27. The van der Waals surface area contributed by atoms with E-state index in [1.54, 1.807) is 24.3 Å². The van der Waals surface area contributed by atoms with E-state index in [4.69, 9.17) is 10.00 Å². The highest BCUT2D eigenvalue weighted by Crippen LogP contribution is 2.27. The molecule has 0 spiro atoms. The van der Waals surface area contributed by atoms with Gasteiger partial charge in [-0.2, -0.15) is 5.26 Å². The van der Waals surface area contributed by atoms with E-state index in [1.807, 2.05) is 19.1 Å². The number of hydrogen-bond acceptors (Lipinski definition) is 2. The van der Waals surface area contributed by atoms with Crippen molar-refractivity contribution in [1.29, 1.82) is 5.26 Å².